The first-order valence-electron chi connectivity index (χ1n) is 8.80. The molecule has 2 fully saturated rings. The molecule has 0 saturated carbocycles. The monoisotopic (exact) mass is 324 g/mol. The Balaban J connectivity index is 1.43. The summed E-state index contributed by atoms with van der Waals surface area (Å²) in [6, 6.07) is 15.2. The van der Waals surface area contributed by atoms with Gasteiger partial charge in [-0.05, 0) is 36.1 Å². The molecule has 126 valence electrons. The van der Waals surface area contributed by atoms with Crippen LogP contribution in [0.5, 0.6) is 0 Å². The highest BCUT2D eigenvalue weighted by atomic mass is 16.5. The Labute approximate surface area is 143 Å². The number of likely N-dealkylation sites (tertiary alicyclic amines) is 1. The van der Waals surface area contributed by atoms with Gasteiger partial charge in [-0.15, -0.1) is 0 Å². The van der Waals surface area contributed by atoms with Gasteiger partial charge in [0.1, 0.15) is 6.10 Å². The maximum Gasteiger partial charge on any atom is 0.100 e. The van der Waals surface area contributed by atoms with E-state index in [-0.39, 0.29) is 12.2 Å². The largest absolute Gasteiger partial charge is 0.374 e. The van der Waals surface area contributed by atoms with Gasteiger partial charge in [0.15, 0.2) is 0 Å². The standard InChI is InChI=1S/C20H24N2O2/c1-2-5-16(6-3-1)13-22-14-19(20-18(22)7-4-12-23-20)24-15-17-8-10-21-11-9-17/h1-3,5-6,8-11,18-20H,4,7,12-15H2/t18-,19-,20+/m1/s1. The number of nitrogens with zero attached hydrogens (tertiary/aromatic N) is 2. The Bertz CT molecular complexity index is 635. The lowest BCUT2D eigenvalue weighted by Gasteiger charge is -2.32. The molecule has 3 heterocycles. The molecule has 0 bridgehead atoms. The first-order valence-corrected chi connectivity index (χ1v) is 8.80. The molecule has 1 aromatic carbocycles. The van der Waals surface area contributed by atoms with Crippen LogP contribution in [0.25, 0.3) is 0 Å². The SMILES string of the molecule is c1ccc(CN2C[C@@H](OCc3ccncc3)[C@H]3OCCC[C@H]32)cc1. The molecule has 0 amide bonds. The van der Waals surface area contributed by atoms with Crippen LogP contribution in [-0.2, 0) is 22.6 Å². The minimum Gasteiger partial charge on any atom is -0.374 e. The molecule has 2 aliphatic heterocycles. The van der Waals surface area contributed by atoms with Crippen molar-refractivity contribution >= 4 is 0 Å². The van der Waals surface area contributed by atoms with Crippen molar-refractivity contribution < 1.29 is 9.47 Å². The van der Waals surface area contributed by atoms with E-state index in [9.17, 15) is 0 Å². The van der Waals surface area contributed by atoms with Crippen LogP contribution in [0.4, 0.5) is 0 Å². The van der Waals surface area contributed by atoms with Gasteiger partial charge in [-0.1, -0.05) is 30.3 Å². The summed E-state index contributed by atoms with van der Waals surface area (Å²) in [5.41, 5.74) is 2.52. The Hall–Kier alpha value is -1.75. The summed E-state index contributed by atoms with van der Waals surface area (Å²) < 4.78 is 12.3. The molecule has 0 N–H and O–H groups in total. The number of hydrogen-bond acceptors (Lipinski definition) is 4. The number of fused-ring (bicyclic) bond motifs is 1. The van der Waals surface area contributed by atoms with Crippen molar-refractivity contribution in [1.29, 1.82) is 0 Å². The summed E-state index contributed by atoms with van der Waals surface area (Å²) in [6.45, 7) is 3.39. The maximum absolute atomic E-state index is 6.23. The fraction of sp³-hybridized carbons (Fsp3) is 0.450. The molecule has 4 nitrogen and oxygen atoms in total. The maximum atomic E-state index is 6.23. The van der Waals surface area contributed by atoms with Crippen LogP contribution in [-0.4, -0.2) is 41.3 Å². The third-order valence-electron chi connectivity index (χ3n) is 5.03. The van der Waals surface area contributed by atoms with Gasteiger partial charge in [0, 0.05) is 38.1 Å². The zero-order chi connectivity index (χ0) is 16.2. The quantitative estimate of drug-likeness (QED) is 0.847. The van der Waals surface area contributed by atoms with E-state index in [2.05, 4.69) is 40.2 Å². The molecule has 2 aromatic rings. The number of hydrogen-bond donors (Lipinski definition) is 0. The minimum atomic E-state index is 0.146. The zero-order valence-electron chi connectivity index (χ0n) is 13.9. The van der Waals surface area contributed by atoms with E-state index in [1.54, 1.807) is 0 Å². The van der Waals surface area contributed by atoms with Crippen LogP contribution in [0.2, 0.25) is 0 Å². The Morgan fingerprint density at radius 2 is 1.92 bits per heavy atom. The van der Waals surface area contributed by atoms with Crippen LogP contribution in [0.3, 0.4) is 0 Å². The van der Waals surface area contributed by atoms with Crippen molar-refractivity contribution in [2.75, 3.05) is 13.2 Å². The molecular formula is C20H24N2O2. The van der Waals surface area contributed by atoms with Gasteiger partial charge in [-0.3, -0.25) is 9.88 Å². The lowest BCUT2D eigenvalue weighted by Crippen LogP contribution is -2.41. The van der Waals surface area contributed by atoms with Crippen molar-refractivity contribution in [1.82, 2.24) is 9.88 Å². The third-order valence-corrected chi connectivity index (χ3v) is 5.03. The predicted octanol–water partition coefficient (Wildman–Crippen LogP) is 3.03. The molecule has 1 aromatic heterocycles. The first-order chi connectivity index (χ1) is 11.9. The Kier molecular flexibility index (Phi) is 4.88. The summed E-state index contributed by atoms with van der Waals surface area (Å²) in [5.74, 6) is 0. The van der Waals surface area contributed by atoms with Crippen LogP contribution in [0.1, 0.15) is 24.0 Å². The van der Waals surface area contributed by atoms with Crippen LogP contribution < -0.4 is 0 Å². The van der Waals surface area contributed by atoms with Crippen LogP contribution in [0.15, 0.2) is 54.9 Å². The summed E-state index contributed by atoms with van der Waals surface area (Å²) in [7, 11) is 0. The fourth-order valence-corrected chi connectivity index (χ4v) is 3.83. The van der Waals surface area contributed by atoms with Crippen molar-refractivity contribution in [3.05, 3.63) is 66.0 Å². The van der Waals surface area contributed by atoms with E-state index in [1.807, 2.05) is 24.5 Å². The fourth-order valence-electron chi connectivity index (χ4n) is 3.83. The van der Waals surface area contributed by atoms with E-state index in [1.165, 1.54) is 17.5 Å². The average molecular weight is 324 g/mol. The molecule has 24 heavy (non-hydrogen) atoms. The topological polar surface area (TPSA) is 34.6 Å². The molecular weight excluding hydrogens is 300 g/mol. The Morgan fingerprint density at radius 3 is 2.75 bits per heavy atom. The van der Waals surface area contributed by atoms with Gasteiger partial charge in [0.25, 0.3) is 0 Å². The smallest absolute Gasteiger partial charge is 0.100 e. The molecule has 4 rings (SSSR count). The molecule has 0 aliphatic carbocycles. The highest BCUT2D eigenvalue weighted by molar-refractivity contribution is 5.15. The van der Waals surface area contributed by atoms with Gasteiger partial charge in [0.2, 0.25) is 0 Å². The third kappa shape index (κ3) is 3.51. The van der Waals surface area contributed by atoms with E-state index < -0.39 is 0 Å². The molecule has 4 heteroatoms. The number of ether oxygens (including phenoxy) is 2. The number of benzene rings is 1. The zero-order valence-corrected chi connectivity index (χ0v) is 13.9. The predicted molar refractivity (Wildman–Crippen MR) is 92.4 cm³/mol. The van der Waals surface area contributed by atoms with Crippen LogP contribution >= 0.6 is 0 Å². The second kappa shape index (κ2) is 7.43. The number of rotatable bonds is 5. The second-order valence-electron chi connectivity index (χ2n) is 6.66. The van der Waals surface area contributed by atoms with Gasteiger partial charge in [-0.2, -0.15) is 0 Å². The summed E-state index contributed by atoms with van der Waals surface area (Å²) in [5, 5.41) is 0. The molecule has 2 aliphatic rings. The van der Waals surface area contributed by atoms with Gasteiger partial charge < -0.3 is 9.47 Å². The summed E-state index contributed by atoms with van der Waals surface area (Å²) in [6.07, 6.45) is 6.32. The van der Waals surface area contributed by atoms with Gasteiger partial charge in [-0.25, -0.2) is 0 Å². The highest BCUT2D eigenvalue weighted by Crippen LogP contribution is 2.32. The number of pyridine rings is 1. The van der Waals surface area contributed by atoms with Crippen molar-refractivity contribution in [2.24, 2.45) is 0 Å². The van der Waals surface area contributed by atoms with Gasteiger partial charge in [0.05, 0.1) is 12.7 Å². The van der Waals surface area contributed by atoms with E-state index in [0.29, 0.717) is 12.6 Å². The number of aromatic nitrogens is 1. The first kappa shape index (κ1) is 15.8. The highest BCUT2D eigenvalue weighted by Gasteiger charge is 2.44. The average Bonchev–Trinajstić information content (AvgIpc) is 3.00. The molecule has 0 spiro atoms. The summed E-state index contributed by atoms with van der Waals surface area (Å²) in [4.78, 5) is 6.60. The van der Waals surface area contributed by atoms with E-state index in [4.69, 9.17) is 9.47 Å². The second-order valence-corrected chi connectivity index (χ2v) is 6.66. The van der Waals surface area contributed by atoms with E-state index >= 15 is 0 Å². The van der Waals surface area contributed by atoms with Crippen molar-refractivity contribution in [2.45, 2.75) is 44.2 Å². The van der Waals surface area contributed by atoms with Crippen molar-refractivity contribution in [3.63, 3.8) is 0 Å². The van der Waals surface area contributed by atoms with E-state index in [0.717, 1.165) is 26.1 Å². The normalized spacial score (nSPS) is 27.1. The molecule has 2 saturated heterocycles. The molecule has 0 radical (unpaired) electrons. The molecule has 3 atom stereocenters. The van der Waals surface area contributed by atoms with Crippen molar-refractivity contribution in [3.8, 4) is 0 Å². The summed E-state index contributed by atoms with van der Waals surface area (Å²) >= 11 is 0. The Morgan fingerprint density at radius 1 is 1.08 bits per heavy atom. The lowest BCUT2D eigenvalue weighted by atomic mass is 10.0. The van der Waals surface area contributed by atoms with Gasteiger partial charge >= 0.3 is 0 Å². The minimum absolute atomic E-state index is 0.146. The molecule has 0 unspecified atom stereocenters. The lowest BCUT2D eigenvalue weighted by molar-refractivity contribution is -0.0819. The van der Waals surface area contributed by atoms with Crippen LogP contribution in [0, 0.1) is 0 Å².